The topological polar surface area (TPSA) is 103 Å². The molecule has 0 unspecified atom stereocenters. The van der Waals surface area contributed by atoms with Crippen molar-refractivity contribution in [3.63, 3.8) is 0 Å². The molecule has 206 valence electrons. The third kappa shape index (κ3) is 5.75. The summed E-state index contributed by atoms with van der Waals surface area (Å²) in [5.41, 5.74) is 5.25. The van der Waals surface area contributed by atoms with E-state index in [1.807, 2.05) is 32.9 Å². The predicted octanol–water partition coefficient (Wildman–Crippen LogP) is 3.10. The molecular weight excluding hydrogens is 498 g/mol. The van der Waals surface area contributed by atoms with Gasteiger partial charge in [-0.2, -0.15) is 0 Å². The number of hydrogen-bond acceptors (Lipinski definition) is 6. The first-order chi connectivity index (χ1) is 18.0. The number of fused-ring (bicyclic) bond motifs is 1. The maximum atomic E-state index is 13.0. The second-order valence-corrected chi connectivity index (χ2v) is 13.6. The van der Waals surface area contributed by atoms with Crippen LogP contribution in [-0.4, -0.2) is 63.0 Å². The van der Waals surface area contributed by atoms with Crippen LogP contribution >= 0.6 is 0 Å². The Morgan fingerprint density at radius 3 is 2.61 bits per heavy atom. The van der Waals surface area contributed by atoms with Gasteiger partial charge < -0.3 is 15.5 Å². The van der Waals surface area contributed by atoms with E-state index >= 15 is 0 Å². The molecule has 5 rings (SSSR count). The number of hydrogen-bond donors (Lipinski definition) is 3. The molecule has 1 aromatic heterocycles. The molecule has 1 aliphatic carbocycles. The fraction of sp³-hybridized carbons (Fsp3) is 0.586. The van der Waals surface area contributed by atoms with Crippen molar-refractivity contribution in [2.45, 2.75) is 70.7 Å². The van der Waals surface area contributed by atoms with Crippen molar-refractivity contribution in [3.8, 4) is 0 Å². The molecule has 2 aliphatic heterocycles. The van der Waals surface area contributed by atoms with Gasteiger partial charge in [0.15, 0.2) is 0 Å². The summed E-state index contributed by atoms with van der Waals surface area (Å²) in [6.07, 6.45) is 5.06. The van der Waals surface area contributed by atoms with Gasteiger partial charge in [0.05, 0.1) is 4.90 Å². The summed E-state index contributed by atoms with van der Waals surface area (Å²) >= 11 is 0. The monoisotopic (exact) mass is 539 g/mol. The maximum Gasteiger partial charge on any atom is 0.241 e. The summed E-state index contributed by atoms with van der Waals surface area (Å²) in [7, 11) is -3.66. The lowest BCUT2D eigenvalue weighted by molar-refractivity contribution is -0.144. The van der Waals surface area contributed by atoms with E-state index in [0.29, 0.717) is 4.90 Å². The Balaban J connectivity index is 1.02. The summed E-state index contributed by atoms with van der Waals surface area (Å²) in [4.78, 5) is 20.3. The summed E-state index contributed by atoms with van der Waals surface area (Å²) in [5.74, 6) is 1.12. The molecule has 2 fully saturated rings. The molecule has 1 amide bonds. The number of anilines is 1. The van der Waals surface area contributed by atoms with Gasteiger partial charge in [-0.25, -0.2) is 18.1 Å². The number of nitrogens with zero attached hydrogens (tertiary/aromatic N) is 2. The van der Waals surface area contributed by atoms with Gasteiger partial charge in [0.25, 0.3) is 0 Å². The zero-order valence-corrected chi connectivity index (χ0v) is 23.9. The van der Waals surface area contributed by atoms with E-state index < -0.39 is 16.1 Å². The van der Waals surface area contributed by atoms with Crippen molar-refractivity contribution < 1.29 is 13.2 Å². The highest BCUT2D eigenvalue weighted by atomic mass is 32.2. The number of sulfonamides is 1. The van der Waals surface area contributed by atoms with Crippen LogP contribution in [0.2, 0.25) is 0 Å². The van der Waals surface area contributed by atoms with Crippen molar-refractivity contribution in [1.82, 2.24) is 19.9 Å². The molecule has 2 aromatic rings. The van der Waals surface area contributed by atoms with Crippen molar-refractivity contribution in [2.24, 2.45) is 11.3 Å². The normalized spacial score (nSPS) is 19.7. The Kier molecular flexibility index (Phi) is 7.55. The molecule has 1 saturated heterocycles. The van der Waals surface area contributed by atoms with Gasteiger partial charge in [-0.1, -0.05) is 23.8 Å². The van der Waals surface area contributed by atoms with E-state index in [9.17, 15) is 13.2 Å². The number of benzene rings is 1. The molecule has 8 nitrogen and oxygen atoms in total. The molecule has 0 bridgehead atoms. The van der Waals surface area contributed by atoms with Crippen molar-refractivity contribution in [3.05, 3.63) is 52.2 Å². The lowest BCUT2D eigenvalue weighted by Gasteiger charge is -2.58. The molecule has 1 atom stereocenters. The Morgan fingerprint density at radius 2 is 1.89 bits per heavy atom. The molecule has 1 spiro atoms. The fourth-order valence-electron chi connectivity index (χ4n) is 6.62. The van der Waals surface area contributed by atoms with Crippen LogP contribution in [-0.2, 0) is 27.7 Å². The largest absolute Gasteiger partial charge is 0.370 e. The minimum atomic E-state index is -3.66. The Bertz CT molecular complexity index is 1290. The smallest absolute Gasteiger partial charge is 0.241 e. The van der Waals surface area contributed by atoms with Crippen LogP contribution in [0.4, 0.5) is 5.82 Å². The Labute approximate surface area is 227 Å². The molecule has 38 heavy (non-hydrogen) atoms. The Morgan fingerprint density at radius 1 is 1.18 bits per heavy atom. The van der Waals surface area contributed by atoms with Crippen LogP contribution in [0.3, 0.4) is 0 Å². The second kappa shape index (κ2) is 10.6. The van der Waals surface area contributed by atoms with Crippen LogP contribution in [0.25, 0.3) is 0 Å². The highest BCUT2D eigenvalue weighted by Crippen LogP contribution is 2.51. The average molecular weight is 540 g/mol. The highest BCUT2D eigenvalue weighted by Gasteiger charge is 2.53. The number of aromatic nitrogens is 1. The number of rotatable bonds is 9. The minimum Gasteiger partial charge on any atom is -0.370 e. The number of nitrogens with one attached hydrogen (secondary N) is 3. The summed E-state index contributed by atoms with van der Waals surface area (Å²) in [5, 5.41) is 6.38. The van der Waals surface area contributed by atoms with E-state index in [4.69, 9.17) is 4.98 Å². The summed E-state index contributed by atoms with van der Waals surface area (Å²) in [6.45, 7) is 11.8. The van der Waals surface area contributed by atoms with Crippen molar-refractivity contribution >= 4 is 21.7 Å². The van der Waals surface area contributed by atoms with Crippen molar-refractivity contribution in [2.75, 3.05) is 38.0 Å². The van der Waals surface area contributed by atoms with Gasteiger partial charge in [0.2, 0.25) is 15.9 Å². The number of amides is 1. The van der Waals surface area contributed by atoms with Gasteiger partial charge >= 0.3 is 0 Å². The lowest BCUT2D eigenvalue weighted by atomic mass is 9.57. The number of likely N-dealkylation sites (tertiary alicyclic amines) is 1. The molecular formula is C29H41N5O3S. The van der Waals surface area contributed by atoms with Crippen LogP contribution in [0.15, 0.2) is 29.2 Å². The molecule has 1 saturated carbocycles. The maximum absolute atomic E-state index is 13.0. The number of carbonyl (C=O) groups is 1. The SMILES string of the molecule is Cc1cc(C)c(S(=O)(=O)N[C@@H](C)CNC(=O)C2CC3(C2)CN(CCc2ccc4c(n2)NCCC4)C3)c(C)c1. The third-order valence-corrected chi connectivity index (χ3v) is 10.2. The van der Waals surface area contributed by atoms with Gasteiger partial charge in [-0.15, -0.1) is 0 Å². The number of carbonyl (C=O) groups excluding carboxylic acids is 1. The van der Waals surface area contributed by atoms with Gasteiger partial charge in [0.1, 0.15) is 5.82 Å². The first kappa shape index (κ1) is 27.1. The van der Waals surface area contributed by atoms with E-state index in [0.717, 1.165) is 80.1 Å². The zero-order chi connectivity index (χ0) is 27.1. The first-order valence-electron chi connectivity index (χ1n) is 13.9. The quantitative estimate of drug-likeness (QED) is 0.453. The molecule has 1 aromatic carbocycles. The van der Waals surface area contributed by atoms with E-state index in [1.165, 1.54) is 12.0 Å². The van der Waals surface area contributed by atoms with Crippen LogP contribution in [0, 0.1) is 32.1 Å². The van der Waals surface area contributed by atoms with Gasteiger partial charge in [0, 0.05) is 56.8 Å². The van der Waals surface area contributed by atoms with Gasteiger partial charge in [-0.3, -0.25) is 4.79 Å². The lowest BCUT2D eigenvalue weighted by Crippen LogP contribution is -2.64. The standard InChI is InChI=1S/C29H41N5O3S/c1-19-12-20(2)26(21(3)13-19)38(36,37)33-22(4)16-31-28(35)24-14-29(15-24)17-34(18-29)11-9-25-8-7-23-6-5-10-30-27(23)32-25/h7-8,12-13,22,24,33H,5-6,9-11,14-18H2,1-4H3,(H,30,32)(H,31,35)/t22-/m0/s1. The third-order valence-electron chi connectivity index (χ3n) is 8.30. The number of pyridine rings is 1. The first-order valence-corrected chi connectivity index (χ1v) is 15.3. The highest BCUT2D eigenvalue weighted by molar-refractivity contribution is 7.89. The molecule has 3 N–H and O–H groups in total. The van der Waals surface area contributed by atoms with E-state index in [1.54, 1.807) is 6.92 Å². The average Bonchev–Trinajstić information content (AvgIpc) is 2.79. The molecule has 3 heterocycles. The van der Waals surface area contributed by atoms with Gasteiger partial charge in [-0.05, 0) is 81.5 Å². The van der Waals surface area contributed by atoms with E-state index in [-0.39, 0.29) is 23.8 Å². The fourth-order valence-corrected chi connectivity index (χ4v) is 8.32. The molecule has 0 radical (unpaired) electrons. The summed E-state index contributed by atoms with van der Waals surface area (Å²) in [6, 6.07) is 7.74. The van der Waals surface area contributed by atoms with Crippen molar-refractivity contribution in [1.29, 1.82) is 0 Å². The van der Waals surface area contributed by atoms with Crippen LogP contribution < -0.4 is 15.4 Å². The number of aryl methyl sites for hydroxylation is 4. The predicted molar refractivity (Wildman–Crippen MR) is 150 cm³/mol. The van der Waals surface area contributed by atoms with Crippen LogP contribution in [0.5, 0.6) is 0 Å². The van der Waals surface area contributed by atoms with Crippen LogP contribution in [0.1, 0.15) is 54.1 Å². The minimum absolute atomic E-state index is 0.0240. The van der Waals surface area contributed by atoms with E-state index in [2.05, 4.69) is 32.4 Å². The molecule has 3 aliphatic rings. The Hall–Kier alpha value is -2.49. The zero-order valence-electron chi connectivity index (χ0n) is 23.1. The summed E-state index contributed by atoms with van der Waals surface area (Å²) < 4.78 is 28.7. The molecule has 9 heteroatoms. The second-order valence-electron chi connectivity index (χ2n) is 11.9.